The second-order valence-electron chi connectivity index (χ2n) is 6.00. The summed E-state index contributed by atoms with van der Waals surface area (Å²) in [5.41, 5.74) is -0.187. The summed E-state index contributed by atoms with van der Waals surface area (Å²) in [6.45, 7) is 1.32. The zero-order valence-corrected chi connectivity index (χ0v) is 13.6. The highest BCUT2D eigenvalue weighted by molar-refractivity contribution is 5.82. The summed E-state index contributed by atoms with van der Waals surface area (Å²) < 4.78 is 10.4. The minimum absolute atomic E-state index is 0.0286. The van der Waals surface area contributed by atoms with Gasteiger partial charge in [-0.3, -0.25) is 19.7 Å². The first-order chi connectivity index (χ1) is 12.0. The quantitative estimate of drug-likeness (QED) is 0.591. The molecule has 3 rings (SSSR count). The van der Waals surface area contributed by atoms with Gasteiger partial charge in [0.25, 0.3) is 11.8 Å². The molecule has 0 bridgehead atoms. The first kappa shape index (κ1) is 17.2. The van der Waals surface area contributed by atoms with Crippen LogP contribution in [0.2, 0.25) is 0 Å². The van der Waals surface area contributed by atoms with Crippen molar-refractivity contribution < 1.29 is 24.0 Å². The van der Waals surface area contributed by atoms with Crippen LogP contribution in [0.3, 0.4) is 0 Å². The first-order valence-electron chi connectivity index (χ1n) is 8.10. The van der Waals surface area contributed by atoms with E-state index in [1.807, 2.05) is 0 Å². The number of nitro benzene ring substituents is 1. The second kappa shape index (κ2) is 7.47. The minimum Gasteiger partial charge on any atom is -0.477 e. The number of amides is 2. The third-order valence-corrected chi connectivity index (χ3v) is 4.26. The lowest BCUT2D eigenvalue weighted by molar-refractivity contribution is -0.385. The number of carbonyl (C=O) groups is 2. The molecule has 25 heavy (non-hydrogen) atoms. The summed E-state index contributed by atoms with van der Waals surface area (Å²) in [7, 11) is 0. The zero-order valence-electron chi connectivity index (χ0n) is 13.6. The summed E-state index contributed by atoms with van der Waals surface area (Å²) in [6, 6.07) is 5.74. The van der Waals surface area contributed by atoms with E-state index in [1.54, 1.807) is 11.0 Å². The minimum atomic E-state index is -0.559. The molecule has 1 unspecified atom stereocenters. The highest BCUT2D eigenvalue weighted by Crippen LogP contribution is 2.25. The Morgan fingerprint density at radius 1 is 1.36 bits per heavy atom. The maximum Gasteiger partial charge on any atom is 0.310 e. The Morgan fingerprint density at radius 2 is 2.12 bits per heavy atom. The van der Waals surface area contributed by atoms with Crippen molar-refractivity contribution in [2.75, 3.05) is 26.3 Å². The Hall–Kier alpha value is -2.68. The third kappa shape index (κ3) is 4.05. The fourth-order valence-corrected chi connectivity index (χ4v) is 2.86. The Kier molecular flexibility index (Phi) is 5.13. The van der Waals surface area contributed by atoms with E-state index in [0.29, 0.717) is 26.1 Å². The van der Waals surface area contributed by atoms with Gasteiger partial charge in [0.2, 0.25) is 0 Å². The van der Waals surface area contributed by atoms with Gasteiger partial charge in [0.05, 0.1) is 11.5 Å². The number of likely N-dealkylation sites (tertiary alicyclic amines) is 1. The van der Waals surface area contributed by atoms with Crippen LogP contribution in [0.4, 0.5) is 5.69 Å². The van der Waals surface area contributed by atoms with Gasteiger partial charge in [-0.05, 0) is 12.5 Å². The van der Waals surface area contributed by atoms with Crippen LogP contribution in [0.5, 0.6) is 5.75 Å². The lowest BCUT2D eigenvalue weighted by Crippen LogP contribution is -2.46. The third-order valence-electron chi connectivity index (χ3n) is 4.26. The molecule has 9 nitrogen and oxygen atoms in total. The predicted octanol–water partition coefficient (Wildman–Crippen LogP) is 0.480. The van der Waals surface area contributed by atoms with Crippen molar-refractivity contribution in [3.05, 3.63) is 34.4 Å². The van der Waals surface area contributed by atoms with E-state index in [1.165, 1.54) is 18.2 Å². The van der Waals surface area contributed by atoms with Crippen molar-refractivity contribution >= 4 is 17.5 Å². The van der Waals surface area contributed by atoms with Gasteiger partial charge in [-0.15, -0.1) is 0 Å². The van der Waals surface area contributed by atoms with Gasteiger partial charge in [-0.25, -0.2) is 0 Å². The molecule has 1 aromatic carbocycles. The molecule has 2 saturated heterocycles. The molecule has 0 spiro atoms. The van der Waals surface area contributed by atoms with Gasteiger partial charge in [0, 0.05) is 31.6 Å². The lowest BCUT2D eigenvalue weighted by Gasteiger charge is -2.29. The maximum atomic E-state index is 12.1. The van der Waals surface area contributed by atoms with Crippen LogP contribution in [-0.2, 0) is 14.3 Å². The molecule has 1 N–H and O–H groups in total. The Balaban J connectivity index is 1.46. The van der Waals surface area contributed by atoms with Crippen molar-refractivity contribution in [1.29, 1.82) is 0 Å². The smallest absolute Gasteiger partial charge is 0.310 e. The monoisotopic (exact) mass is 349 g/mol. The lowest BCUT2D eigenvalue weighted by atomic mass is 10.1. The molecule has 2 atom stereocenters. The fourth-order valence-electron chi connectivity index (χ4n) is 2.86. The van der Waals surface area contributed by atoms with E-state index in [0.717, 1.165) is 6.42 Å². The number of hydrogen-bond acceptors (Lipinski definition) is 6. The standard InChI is InChI=1S/C16H19N3O6/c20-15(10-25-13-4-2-1-3-12(13)19(22)23)17-11-5-7-18(9-11)16(21)14-6-8-24-14/h1-4,11,14H,5-10H2,(H,17,20)/t11-,14?/m1/s1. The van der Waals surface area contributed by atoms with Gasteiger partial charge in [-0.1, -0.05) is 12.1 Å². The van der Waals surface area contributed by atoms with E-state index < -0.39 is 4.92 Å². The van der Waals surface area contributed by atoms with Crippen LogP contribution in [0.25, 0.3) is 0 Å². The second-order valence-corrected chi connectivity index (χ2v) is 6.00. The van der Waals surface area contributed by atoms with Crippen LogP contribution in [0.1, 0.15) is 12.8 Å². The molecular weight excluding hydrogens is 330 g/mol. The number of hydrogen-bond donors (Lipinski definition) is 1. The molecule has 2 aliphatic heterocycles. The van der Waals surface area contributed by atoms with Gasteiger partial charge in [0.15, 0.2) is 12.4 Å². The number of carbonyl (C=O) groups excluding carboxylic acids is 2. The van der Waals surface area contributed by atoms with E-state index in [4.69, 9.17) is 9.47 Å². The SMILES string of the molecule is O=C(COc1ccccc1[N+](=O)[O-])N[C@@H]1CCN(C(=O)C2CCO2)C1. The molecule has 2 aliphatic rings. The molecule has 2 heterocycles. The molecule has 134 valence electrons. The van der Waals surface area contributed by atoms with Gasteiger partial charge in [0.1, 0.15) is 6.10 Å². The number of para-hydroxylation sites is 2. The number of ether oxygens (including phenoxy) is 2. The van der Waals surface area contributed by atoms with Gasteiger partial charge >= 0.3 is 5.69 Å². The van der Waals surface area contributed by atoms with E-state index in [2.05, 4.69) is 5.32 Å². The van der Waals surface area contributed by atoms with Crippen molar-refractivity contribution in [3.8, 4) is 5.75 Å². The van der Waals surface area contributed by atoms with Crippen molar-refractivity contribution in [2.24, 2.45) is 0 Å². The highest BCUT2D eigenvalue weighted by Gasteiger charge is 2.35. The van der Waals surface area contributed by atoms with E-state index in [9.17, 15) is 19.7 Å². The number of nitrogens with zero attached hydrogens (tertiary/aromatic N) is 2. The molecule has 0 saturated carbocycles. The summed E-state index contributed by atoms with van der Waals surface area (Å²) in [4.78, 5) is 36.1. The van der Waals surface area contributed by atoms with Crippen LogP contribution < -0.4 is 10.1 Å². The molecule has 0 aromatic heterocycles. The first-order valence-corrected chi connectivity index (χ1v) is 8.10. The van der Waals surface area contributed by atoms with E-state index >= 15 is 0 Å². The number of nitrogens with one attached hydrogen (secondary N) is 1. The Morgan fingerprint density at radius 3 is 2.80 bits per heavy atom. The van der Waals surface area contributed by atoms with Crippen LogP contribution in [0.15, 0.2) is 24.3 Å². The van der Waals surface area contributed by atoms with Crippen LogP contribution >= 0.6 is 0 Å². The predicted molar refractivity (Wildman–Crippen MR) is 86.1 cm³/mol. The fraction of sp³-hybridized carbons (Fsp3) is 0.500. The Labute approximate surface area is 144 Å². The van der Waals surface area contributed by atoms with Crippen LogP contribution in [0, 0.1) is 10.1 Å². The van der Waals surface area contributed by atoms with E-state index in [-0.39, 0.29) is 42.0 Å². The number of nitro groups is 1. The average molecular weight is 349 g/mol. The molecule has 9 heteroatoms. The molecule has 2 fully saturated rings. The average Bonchev–Trinajstić information content (AvgIpc) is 3.00. The topological polar surface area (TPSA) is 111 Å². The van der Waals surface area contributed by atoms with Gasteiger partial charge < -0.3 is 19.7 Å². The highest BCUT2D eigenvalue weighted by atomic mass is 16.6. The normalized spacial score (nSPS) is 22.2. The number of rotatable bonds is 6. The molecule has 0 radical (unpaired) electrons. The summed E-state index contributed by atoms with van der Waals surface area (Å²) in [5.74, 6) is -0.357. The van der Waals surface area contributed by atoms with Gasteiger partial charge in [-0.2, -0.15) is 0 Å². The molecular formula is C16H19N3O6. The Bertz CT molecular complexity index is 676. The molecule has 1 aromatic rings. The summed E-state index contributed by atoms with van der Waals surface area (Å²) >= 11 is 0. The molecule has 0 aliphatic carbocycles. The van der Waals surface area contributed by atoms with Crippen molar-refractivity contribution in [1.82, 2.24) is 10.2 Å². The largest absolute Gasteiger partial charge is 0.477 e. The van der Waals surface area contributed by atoms with Crippen molar-refractivity contribution in [3.63, 3.8) is 0 Å². The van der Waals surface area contributed by atoms with Crippen molar-refractivity contribution in [2.45, 2.75) is 25.0 Å². The van der Waals surface area contributed by atoms with Crippen LogP contribution in [-0.4, -0.2) is 60.1 Å². The summed E-state index contributed by atoms with van der Waals surface area (Å²) in [6.07, 6.45) is 1.07. The zero-order chi connectivity index (χ0) is 17.8. The molecule has 2 amide bonds. The maximum absolute atomic E-state index is 12.1. The summed E-state index contributed by atoms with van der Waals surface area (Å²) in [5, 5.41) is 13.7. The number of benzene rings is 1.